The fraction of sp³-hybridized carbons (Fsp3) is 0.538. The molecule has 4 nitrogen and oxygen atoms in total. The summed E-state index contributed by atoms with van der Waals surface area (Å²) in [6.07, 6.45) is 3.23. The summed E-state index contributed by atoms with van der Waals surface area (Å²) in [6, 6.07) is 2.86. The lowest BCUT2D eigenvalue weighted by atomic mass is 9.71. The minimum absolute atomic E-state index is 0.0342. The van der Waals surface area contributed by atoms with E-state index in [0.29, 0.717) is 17.1 Å². The Morgan fingerprint density at radius 2 is 1.95 bits per heavy atom. The second-order valence-electron chi connectivity index (χ2n) is 5.57. The van der Waals surface area contributed by atoms with E-state index in [-0.39, 0.29) is 21.9 Å². The number of benzene rings is 1. The van der Waals surface area contributed by atoms with Crippen LogP contribution in [0.4, 0.5) is 0 Å². The van der Waals surface area contributed by atoms with E-state index in [4.69, 9.17) is 28.9 Å². The first-order valence-corrected chi connectivity index (χ1v) is 8.69. The van der Waals surface area contributed by atoms with Gasteiger partial charge in [-0.05, 0) is 36.0 Å². The molecule has 20 heavy (non-hydrogen) atoms. The predicted octanol–water partition coefficient (Wildman–Crippen LogP) is 2.92. The van der Waals surface area contributed by atoms with Crippen LogP contribution < -0.4 is 10.5 Å². The molecule has 0 bridgehead atoms. The van der Waals surface area contributed by atoms with E-state index in [1.165, 1.54) is 12.1 Å². The highest BCUT2D eigenvalue weighted by Crippen LogP contribution is 2.40. The maximum atomic E-state index is 12.3. The Hall–Kier alpha value is -0.330. The lowest BCUT2D eigenvalue weighted by Gasteiger charge is -2.38. The van der Waals surface area contributed by atoms with Crippen molar-refractivity contribution in [2.24, 2.45) is 11.1 Å². The summed E-state index contributed by atoms with van der Waals surface area (Å²) in [5, 5.41) is 0.487. The maximum absolute atomic E-state index is 12.3. The molecule has 0 spiro atoms. The Balaban J connectivity index is 2.24. The SMILES string of the molecule is CC1(CNS(=O)(=O)c2cc(CN)c(Cl)cc2Cl)CCC1. The van der Waals surface area contributed by atoms with Gasteiger partial charge in [0, 0.05) is 18.1 Å². The van der Waals surface area contributed by atoms with E-state index < -0.39 is 10.0 Å². The van der Waals surface area contributed by atoms with Crippen LogP contribution >= 0.6 is 23.2 Å². The summed E-state index contributed by atoms with van der Waals surface area (Å²) in [6.45, 7) is 2.66. The van der Waals surface area contributed by atoms with Crippen molar-refractivity contribution in [1.29, 1.82) is 0 Å². The summed E-state index contributed by atoms with van der Waals surface area (Å²) in [7, 11) is -3.65. The molecule has 1 fully saturated rings. The van der Waals surface area contributed by atoms with Crippen LogP contribution in [0.25, 0.3) is 0 Å². The summed E-state index contributed by atoms with van der Waals surface area (Å²) in [5.74, 6) is 0. The molecule has 0 radical (unpaired) electrons. The van der Waals surface area contributed by atoms with Gasteiger partial charge in [0.2, 0.25) is 10.0 Å². The number of sulfonamides is 1. The summed E-state index contributed by atoms with van der Waals surface area (Å²) >= 11 is 11.9. The van der Waals surface area contributed by atoms with E-state index in [9.17, 15) is 8.42 Å². The minimum Gasteiger partial charge on any atom is -0.326 e. The van der Waals surface area contributed by atoms with Gasteiger partial charge in [-0.15, -0.1) is 0 Å². The van der Waals surface area contributed by atoms with Gasteiger partial charge >= 0.3 is 0 Å². The van der Waals surface area contributed by atoms with Gasteiger partial charge in [-0.2, -0.15) is 0 Å². The van der Waals surface area contributed by atoms with Crippen molar-refractivity contribution in [3.8, 4) is 0 Å². The van der Waals surface area contributed by atoms with Crippen molar-refractivity contribution in [1.82, 2.24) is 4.72 Å². The Morgan fingerprint density at radius 3 is 2.45 bits per heavy atom. The molecule has 0 atom stereocenters. The topological polar surface area (TPSA) is 72.2 Å². The fourth-order valence-corrected chi connectivity index (χ4v) is 4.31. The maximum Gasteiger partial charge on any atom is 0.242 e. The molecule has 112 valence electrons. The van der Waals surface area contributed by atoms with Crippen LogP contribution in [0.3, 0.4) is 0 Å². The Morgan fingerprint density at radius 1 is 1.30 bits per heavy atom. The molecular weight excluding hydrogens is 319 g/mol. The third kappa shape index (κ3) is 3.28. The van der Waals surface area contributed by atoms with Crippen LogP contribution in [-0.4, -0.2) is 15.0 Å². The highest BCUT2D eigenvalue weighted by atomic mass is 35.5. The summed E-state index contributed by atoms with van der Waals surface area (Å²) in [5.41, 5.74) is 6.16. The van der Waals surface area contributed by atoms with Gasteiger partial charge in [0.25, 0.3) is 0 Å². The zero-order valence-corrected chi connectivity index (χ0v) is 13.6. The number of hydrogen-bond donors (Lipinski definition) is 2. The highest BCUT2D eigenvalue weighted by Gasteiger charge is 2.33. The van der Waals surface area contributed by atoms with Gasteiger partial charge in [0.05, 0.1) is 5.02 Å². The van der Waals surface area contributed by atoms with Gasteiger partial charge in [-0.25, -0.2) is 13.1 Å². The quantitative estimate of drug-likeness (QED) is 0.868. The highest BCUT2D eigenvalue weighted by molar-refractivity contribution is 7.89. The molecule has 0 aliphatic heterocycles. The van der Waals surface area contributed by atoms with Crippen LogP contribution in [0.2, 0.25) is 10.0 Å². The Kier molecular flexibility index (Phi) is 4.66. The third-order valence-electron chi connectivity index (χ3n) is 3.86. The molecule has 3 N–H and O–H groups in total. The molecule has 7 heteroatoms. The van der Waals surface area contributed by atoms with Gasteiger partial charge in [-0.3, -0.25) is 0 Å². The molecule has 0 unspecified atom stereocenters. The number of rotatable bonds is 5. The van der Waals surface area contributed by atoms with Gasteiger partial charge < -0.3 is 5.73 Å². The Bertz CT molecular complexity index is 613. The molecule has 1 aliphatic carbocycles. The van der Waals surface area contributed by atoms with Crippen molar-refractivity contribution < 1.29 is 8.42 Å². The minimum atomic E-state index is -3.65. The van der Waals surface area contributed by atoms with Gasteiger partial charge in [-0.1, -0.05) is 36.5 Å². The van der Waals surface area contributed by atoms with Crippen molar-refractivity contribution in [2.75, 3.05) is 6.54 Å². The van der Waals surface area contributed by atoms with Crippen molar-refractivity contribution >= 4 is 33.2 Å². The zero-order valence-electron chi connectivity index (χ0n) is 11.2. The number of nitrogens with two attached hydrogens (primary N) is 1. The molecule has 2 rings (SSSR count). The number of nitrogens with one attached hydrogen (secondary N) is 1. The van der Waals surface area contributed by atoms with E-state index in [2.05, 4.69) is 11.6 Å². The number of halogens is 2. The summed E-state index contributed by atoms with van der Waals surface area (Å²) < 4.78 is 27.3. The first-order chi connectivity index (χ1) is 9.27. The average Bonchev–Trinajstić information content (AvgIpc) is 2.34. The lowest BCUT2D eigenvalue weighted by Crippen LogP contribution is -2.40. The molecule has 0 aromatic heterocycles. The molecular formula is C13H18Cl2N2O2S. The fourth-order valence-electron chi connectivity index (χ4n) is 2.24. The smallest absolute Gasteiger partial charge is 0.242 e. The van der Waals surface area contributed by atoms with E-state index in [0.717, 1.165) is 19.3 Å². The van der Waals surface area contributed by atoms with Crippen molar-refractivity contribution in [2.45, 2.75) is 37.6 Å². The molecule has 0 amide bonds. The largest absolute Gasteiger partial charge is 0.326 e. The van der Waals surface area contributed by atoms with E-state index in [1.54, 1.807) is 0 Å². The zero-order chi connectivity index (χ0) is 15.0. The third-order valence-corrected chi connectivity index (χ3v) is 6.08. The molecule has 1 aliphatic rings. The predicted molar refractivity (Wildman–Crippen MR) is 81.5 cm³/mol. The monoisotopic (exact) mass is 336 g/mol. The van der Waals surface area contributed by atoms with Crippen LogP contribution in [0, 0.1) is 5.41 Å². The van der Waals surface area contributed by atoms with Crippen LogP contribution in [0.15, 0.2) is 17.0 Å². The van der Waals surface area contributed by atoms with Crippen molar-refractivity contribution in [3.63, 3.8) is 0 Å². The second-order valence-corrected chi connectivity index (χ2v) is 8.12. The average molecular weight is 337 g/mol. The molecule has 1 aromatic carbocycles. The second kappa shape index (κ2) is 5.81. The number of hydrogen-bond acceptors (Lipinski definition) is 3. The molecule has 0 heterocycles. The molecule has 0 saturated heterocycles. The first-order valence-electron chi connectivity index (χ1n) is 6.45. The standard InChI is InChI=1S/C13H18Cl2N2O2S/c1-13(3-2-4-13)8-17-20(18,19)12-5-9(7-16)10(14)6-11(12)15/h5-6,17H,2-4,7-8,16H2,1H3. The van der Waals surface area contributed by atoms with Crippen LogP contribution in [0.1, 0.15) is 31.7 Å². The van der Waals surface area contributed by atoms with Crippen LogP contribution in [-0.2, 0) is 16.6 Å². The van der Waals surface area contributed by atoms with Crippen molar-refractivity contribution in [3.05, 3.63) is 27.7 Å². The van der Waals surface area contributed by atoms with Crippen LogP contribution in [0.5, 0.6) is 0 Å². The first kappa shape index (κ1) is 16.0. The molecule has 1 aromatic rings. The molecule has 1 saturated carbocycles. The lowest BCUT2D eigenvalue weighted by molar-refractivity contribution is 0.166. The van der Waals surface area contributed by atoms with E-state index >= 15 is 0 Å². The Labute approximate surface area is 129 Å². The summed E-state index contributed by atoms with van der Waals surface area (Å²) in [4.78, 5) is 0.0342. The normalized spacial score (nSPS) is 17.8. The van der Waals surface area contributed by atoms with Gasteiger partial charge in [0.15, 0.2) is 0 Å². The van der Waals surface area contributed by atoms with Gasteiger partial charge in [0.1, 0.15) is 4.90 Å². The van der Waals surface area contributed by atoms with E-state index in [1.807, 2.05) is 0 Å².